The molecule has 0 spiro atoms. The highest BCUT2D eigenvalue weighted by atomic mass is 16.5. The molecule has 0 saturated carbocycles. The maximum Gasteiger partial charge on any atom is 0.222 e. The van der Waals surface area contributed by atoms with Crippen LogP contribution in [0.25, 0.3) is 11.3 Å². The number of aliphatic hydroxyl groups excluding tert-OH is 1. The van der Waals surface area contributed by atoms with Crippen molar-refractivity contribution in [1.82, 2.24) is 14.7 Å². The van der Waals surface area contributed by atoms with E-state index in [1.807, 2.05) is 49.5 Å². The Balaban J connectivity index is 1.90. The van der Waals surface area contributed by atoms with Gasteiger partial charge in [-0.1, -0.05) is 49.7 Å². The van der Waals surface area contributed by atoms with Crippen LogP contribution in [-0.2, 0) is 18.3 Å². The molecule has 1 unspecified atom stereocenters. The first kappa shape index (κ1) is 26.7. The fourth-order valence-electron chi connectivity index (χ4n) is 3.88. The monoisotopic (exact) mass is 481 g/mol. The summed E-state index contributed by atoms with van der Waals surface area (Å²) >= 11 is 0. The van der Waals surface area contributed by atoms with Crippen molar-refractivity contribution in [3.63, 3.8) is 0 Å². The van der Waals surface area contributed by atoms with Gasteiger partial charge >= 0.3 is 0 Å². The number of benzene rings is 2. The smallest absolute Gasteiger partial charge is 0.222 e. The van der Waals surface area contributed by atoms with E-state index in [1.165, 1.54) is 0 Å². The van der Waals surface area contributed by atoms with E-state index in [9.17, 15) is 5.11 Å². The first-order chi connectivity index (χ1) is 16.9. The summed E-state index contributed by atoms with van der Waals surface area (Å²) in [6.45, 7) is 8.46. The number of rotatable bonds is 14. The van der Waals surface area contributed by atoms with Gasteiger partial charge in [-0.05, 0) is 32.4 Å². The highest BCUT2D eigenvalue weighted by Crippen LogP contribution is 2.35. The summed E-state index contributed by atoms with van der Waals surface area (Å²) < 4.78 is 19.2. The van der Waals surface area contributed by atoms with Crippen LogP contribution in [0.3, 0.4) is 0 Å². The van der Waals surface area contributed by atoms with Crippen molar-refractivity contribution in [3.05, 3.63) is 60.2 Å². The lowest BCUT2D eigenvalue weighted by molar-refractivity contribution is 0.00848. The molecule has 0 saturated heterocycles. The molecule has 7 nitrogen and oxygen atoms in total. The van der Waals surface area contributed by atoms with Gasteiger partial charge in [0.2, 0.25) is 5.88 Å². The molecule has 0 radical (unpaired) electrons. The predicted octanol–water partition coefficient (Wildman–Crippen LogP) is 5.28. The molecule has 0 fully saturated rings. The third kappa shape index (κ3) is 7.56. The molecule has 2 aromatic carbocycles. The Hall–Kier alpha value is -2.87. The van der Waals surface area contributed by atoms with Crippen molar-refractivity contribution in [2.24, 2.45) is 7.05 Å². The van der Waals surface area contributed by atoms with Crippen molar-refractivity contribution in [2.45, 2.75) is 52.3 Å². The summed E-state index contributed by atoms with van der Waals surface area (Å²) in [7, 11) is 3.53. The van der Waals surface area contributed by atoms with Gasteiger partial charge in [0.25, 0.3) is 0 Å². The molecule has 1 N–H and O–H groups in total. The maximum absolute atomic E-state index is 10.7. The van der Waals surface area contributed by atoms with Crippen LogP contribution in [0.1, 0.15) is 39.2 Å². The maximum atomic E-state index is 10.7. The lowest BCUT2D eigenvalue weighted by atomic mass is 10.1. The normalized spacial score (nSPS) is 12.3. The quantitative estimate of drug-likeness (QED) is 0.316. The second-order valence-electron chi connectivity index (χ2n) is 9.01. The second kappa shape index (κ2) is 13.3. The van der Waals surface area contributed by atoms with E-state index >= 15 is 0 Å². The van der Waals surface area contributed by atoms with Crippen LogP contribution in [0.4, 0.5) is 0 Å². The van der Waals surface area contributed by atoms with Crippen LogP contribution < -0.4 is 9.47 Å². The molecule has 35 heavy (non-hydrogen) atoms. The number of hydrogen-bond donors (Lipinski definition) is 1. The number of methoxy groups -OCH3 is 1. The van der Waals surface area contributed by atoms with Gasteiger partial charge in [-0.3, -0.25) is 4.90 Å². The van der Waals surface area contributed by atoms with E-state index in [1.54, 1.807) is 11.8 Å². The molecule has 0 aliphatic rings. The summed E-state index contributed by atoms with van der Waals surface area (Å²) in [5, 5.41) is 15.5. The van der Waals surface area contributed by atoms with E-state index in [0.29, 0.717) is 37.9 Å². The molecular formula is C28H39N3O4. The largest absolute Gasteiger partial charge is 0.497 e. The Bertz CT molecular complexity index is 1040. The summed E-state index contributed by atoms with van der Waals surface area (Å²) in [5.41, 5.74) is 2.85. The lowest BCUT2D eigenvalue weighted by Crippen LogP contribution is -2.39. The number of aromatic nitrogens is 2. The lowest BCUT2D eigenvalue weighted by Gasteiger charge is -2.29. The van der Waals surface area contributed by atoms with Gasteiger partial charge in [-0.15, -0.1) is 0 Å². The Kier molecular flexibility index (Phi) is 10.1. The Labute approximate surface area is 209 Å². The van der Waals surface area contributed by atoms with Crippen molar-refractivity contribution in [3.8, 4) is 28.6 Å². The first-order valence-electron chi connectivity index (χ1n) is 12.4. The van der Waals surface area contributed by atoms with Crippen LogP contribution in [0, 0.1) is 0 Å². The highest BCUT2D eigenvalue weighted by Gasteiger charge is 2.24. The predicted molar refractivity (Wildman–Crippen MR) is 139 cm³/mol. The third-order valence-corrected chi connectivity index (χ3v) is 5.88. The number of nitrogens with zero attached hydrogens (tertiary/aromatic N) is 3. The third-order valence-electron chi connectivity index (χ3n) is 5.88. The number of unbranched alkanes of at least 4 members (excludes halogenated alkanes) is 1. The molecule has 7 heteroatoms. The zero-order valence-corrected chi connectivity index (χ0v) is 21.6. The molecule has 0 bridgehead atoms. The fraction of sp³-hybridized carbons (Fsp3) is 0.464. The van der Waals surface area contributed by atoms with Crippen LogP contribution in [-0.4, -0.2) is 58.8 Å². The standard InChI is InChI=1S/C28H39N3O4/c1-6-7-16-34-20-23(32)18-31(21(2)3)19-26-27(22-12-9-8-10-13-22)29-30(4)28(26)35-25-15-11-14-24(17-25)33-5/h8-15,17,21,23,32H,6-7,16,18-20H2,1-5H3. The van der Waals surface area contributed by atoms with E-state index < -0.39 is 6.10 Å². The molecule has 3 aromatic rings. The van der Waals surface area contributed by atoms with E-state index in [-0.39, 0.29) is 6.04 Å². The SMILES string of the molecule is CCCCOCC(O)CN(Cc1c(-c2ccccc2)nn(C)c1Oc1cccc(OC)c1)C(C)C. The number of aryl methyl sites for hydroxylation is 1. The van der Waals surface area contributed by atoms with Gasteiger partial charge in [0.15, 0.2) is 0 Å². The van der Waals surface area contributed by atoms with Gasteiger partial charge < -0.3 is 19.3 Å². The van der Waals surface area contributed by atoms with Gasteiger partial charge in [-0.2, -0.15) is 5.10 Å². The summed E-state index contributed by atoms with van der Waals surface area (Å²) in [6.07, 6.45) is 1.50. The van der Waals surface area contributed by atoms with Crippen molar-refractivity contribution in [1.29, 1.82) is 0 Å². The molecule has 0 amide bonds. The fourth-order valence-corrected chi connectivity index (χ4v) is 3.88. The molecule has 0 aliphatic carbocycles. The first-order valence-corrected chi connectivity index (χ1v) is 12.4. The zero-order valence-electron chi connectivity index (χ0n) is 21.6. The molecule has 1 heterocycles. The molecule has 0 aliphatic heterocycles. The molecule has 190 valence electrons. The van der Waals surface area contributed by atoms with E-state index in [2.05, 4.69) is 37.8 Å². The average Bonchev–Trinajstić information content (AvgIpc) is 3.16. The van der Waals surface area contributed by atoms with Crippen LogP contribution in [0.15, 0.2) is 54.6 Å². The highest BCUT2D eigenvalue weighted by molar-refractivity contribution is 5.65. The van der Waals surface area contributed by atoms with Gasteiger partial charge in [0.1, 0.15) is 17.2 Å². The van der Waals surface area contributed by atoms with Crippen LogP contribution >= 0.6 is 0 Å². The second-order valence-corrected chi connectivity index (χ2v) is 9.01. The molecular weight excluding hydrogens is 442 g/mol. The zero-order chi connectivity index (χ0) is 25.2. The van der Waals surface area contributed by atoms with E-state index in [4.69, 9.17) is 19.3 Å². The number of ether oxygens (including phenoxy) is 3. The van der Waals surface area contributed by atoms with Gasteiger partial charge in [0, 0.05) is 44.4 Å². The minimum Gasteiger partial charge on any atom is -0.497 e. The Morgan fingerprint density at radius 3 is 2.49 bits per heavy atom. The number of aliphatic hydroxyl groups is 1. The van der Waals surface area contributed by atoms with Gasteiger partial charge in [0.05, 0.1) is 25.4 Å². The van der Waals surface area contributed by atoms with Gasteiger partial charge in [-0.25, -0.2) is 4.68 Å². The minimum atomic E-state index is -0.575. The average molecular weight is 482 g/mol. The summed E-state index contributed by atoms with van der Waals surface area (Å²) in [4.78, 5) is 2.23. The summed E-state index contributed by atoms with van der Waals surface area (Å²) in [6, 6.07) is 17.9. The van der Waals surface area contributed by atoms with Crippen LogP contribution in [0.2, 0.25) is 0 Å². The van der Waals surface area contributed by atoms with Crippen molar-refractivity contribution in [2.75, 3.05) is 26.9 Å². The minimum absolute atomic E-state index is 0.203. The van der Waals surface area contributed by atoms with Crippen molar-refractivity contribution >= 4 is 0 Å². The van der Waals surface area contributed by atoms with Crippen molar-refractivity contribution < 1.29 is 19.3 Å². The molecule has 3 rings (SSSR count). The summed E-state index contributed by atoms with van der Waals surface area (Å²) in [5.74, 6) is 2.06. The Morgan fingerprint density at radius 2 is 1.80 bits per heavy atom. The van der Waals surface area contributed by atoms with E-state index in [0.717, 1.165) is 35.4 Å². The molecule has 1 atom stereocenters. The van der Waals surface area contributed by atoms with Crippen LogP contribution in [0.5, 0.6) is 17.4 Å². The topological polar surface area (TPSA) is 69.0 Å². The molecule has 1 aromatic heterocycles. The number of hydrogen-bond acceptors (Lipinski definition) is 6. The Morgan fingerprint density at radius 1 is 1.06 bits per heavy atom.